The predicted molar refractivity (Wildman–Crippen MR) is 57.3 cm³/mol. The van der Waals surface area contributed by atoms with Gasteiger partial charge in [-0.05, 0) is 35.0 Å². The standard InChI is InChI=1S/C10H7BrO4/c1-4-2-5-3-6(10(13)14)8(12)7(11)9(5)15-4/h2-3,12H,1H3,(H,13,14). The molecule has 2 N–H and O–H groups in total. The summed E-state index contributed by atoms with van der Waals surface area (Å²) in [5, 5.41) is 19.1. The minimum absolute atomic E-state index is 0.143. The Morgan fingerprint density at radius 3 is 2.73 bits per heavy atom. The number of furan rings is 1. The van der Waals surface area contributed by atoms with Crippen molar-refractivity contribution in [3.63, 3.8) is 0 Å². The first-order valence-corrected chi connectivity index (χ1v) is 4.95. The summed E-state index contributed by atoms with van der Waals surface area (Å²) in [5.41, 5.74) is 0.310. The van der Waals surface area contributed by atoms with Gasteiger partial charge in [0.15, 0.2) is 5.58 Å². The number of aromatic carboxylic acids is 1. The summed E-state index contributed by atoms with van der Waals surface area (Å²) in [6, 6.07) is 3.10. The van der Waals surface area contributed by atoms with Crippen molar-refractivity contribution >= 4 is 32.9 Å². The fourth-order valence-corrected chi connectivity index (χ4v) is 1.95. The SMILES string of the molecule is Cc1cc2cc(C(=O)O)c(O)c(Br)c2o1. The molecule has 0 fully saturated rings. The van der Waals surface area contributed by atoms with Crippen molar-refractivity contribution in [3.05, 3.63) is 27.9 Å². The van der Waals surface area contributed by atoms with E-state index in [1.54, 1.807) is 13.0 Å². The minimum atomic E-state index is -1.17. The summed E-state index contributed by atoms with van der Waals surface area (Å²) in [6.07, 6.45) is 0. The number of aryl methyl sites for hydroxylation is 1. The van der Waals surface area contributed by atoms with Crippen LogP contribution in [0.4, 0.5) is 0 Å². The number of hydrogen-bond acceptors (Lipinski definition) is 3. The first kappa shape index (κ1) is 10.0. The quantitative estimate of drug-likeness (QED) is 0.836. The number of carboxylic acid groups (broad SMARTS) is 1. The molecule has 0 amide bonds. The second-order valence-corrected chi connectivity index (χ2v) is 3.96. The Morgan fingerprint density at radius 2 is 2.13 bits per heavy atom. The van der Waals surface area contributed by atoms with Crippen LogP contribution in [0, 0.1) is 6.92 Å². The Labute approximate surface area is 93.3 Å². The molecule has 0 aliphatic carbocycles. The van der Waals surface area contributed by atoms with Crippen LogP contribution in [0.3, 0.4) is 0 Å². The molecular formula is C10H7BrO4. The summed E-state index contributed by atoms with van der Waals surface area (Å²) < 4.78 is 5.58. The van der Waals surface area contributed by atoms with E-state index in [1.807, 2.05) is 0 Å². The van der Waals surface area contributed by atoms with Crippen molar-refractivity contribution in [2.45, 2.75) is 6.92 Å². The van der Waals surface area contributed by atoms with E-state index in [4.69, 9.17) is 9.52 Å². The minimum Gasteiger partial charge on any atom is -0.506 e. The van der Waals surface area contributed by atoms with Gasteiger partial charge >= 0.3 is 5.97 Å². The Morgan fingerprint density at radius 1 is 1.47 bits per heavy atom. The molecule has 0 aliphatic heterocycles. The lowest BCUT2D eigenvalue weighted by atomic mass is 10.1. The van der Waals surface area contributed by atoms with E-state index in [2.05, 4.69) is 15.9 Å². The van der Waals surface area contributed by atoms with E-state index in [9.17, 15) is 9.90 Å². The lowest BCUT2D eigenvalue weighted by Crippen LogP contribution is -1.96. The summed E-state index contributed by atoms with van der Waals surface area (Å²) in [7, 11) is 0. The molecule has 0 spiro atoms. The van der Waals surface area contributed by atoms with Gasteiger partial charge in [0.1, 0.15) is 21.5 Å². The van der Waals surface area contributed by atoms with E-state index in [0.29, 0.717) is 16.7 Å². The lowest BCUT2D eigenvalue weighted by Gasteiger charge is -2.02. The predicted octanol–water partition coefficient (Wildman–Crippen LogP) is 2.91. The number of rotatable bonds is 1. The number of phenols is 1. The topological polar surface area (TPSA) is 70.7 Å². The second-order valence-electron chi connectivity index (χ2n) is 3.17. The molecule has 15 heavy (non-hydrogen) atoms. The van der Waals surface area contributed by atoms with Crippen LogP contribution in [-0.4, -0.2) is 16.2 Å². The number of halogens is 1. The van der Waals surface area contributed by atoms with Gasteiger partial charge in [0.05, 0.1) is 0 Å². The van der Waals surface area contributed by atoms with Crippen LogP contribution in [0.15, 0.2) is 21.0 Å². The number of carboxylic acids is 1. The summed E-state index contributed by atoms with van der Waals surface area (Å²) in [5.74, 6) is -0.828. The summed E-state index contributed by atoms with van der Waals surface area (Å²) in [4.78, 5) is 10.8. The molecular weight excluding hydrogens is 264 g/mol. The van der Waals surface area contributed by atoms with E-state index >= 15 is 0 Å². The first-order valence-electron chi connectivity index (χ1n) is 4.15. The molecule has 0 atom stereocenters. The summed E-state index contributed by atoms with van der Waals surface area (Å²) in [6.45, 7) is 1.75. The molecule has 5 heteroatoms. The molecule has 0 bridgehead atoms. The van der Waals surface area contributed by atoms with Crippen LogP contribution in [-0.2, 0) is 0 Å². The maximum absolute atomic E-state index is 10.8. The zero-order valence-corrected chi connectivity index (χ0v) is 9.33. The molecule has 0 radical (unpaired) electrons. The largest absolute Gasteiger partial charge is 0.506 e. The van der Waals surface area contributed by atoms with Gasteiger partial charge in [-0.3, -0.25) is 0 Å². The molecule has 2 aromatic rings. The molecule has 78 valence electrons. The van der Waals surface area contributed by atoms with Gasteiger partial charge in [0.2, 0.25) is 0 Å². The van der Waals surface area contributed by atoms with Crippen LogP contribution in [0.1, 0.15) is 16.1 Å². The summed E-state index contributed by atoms with van der Waals surface area (Å²) >= 11 is 3.11. The normalized spacial score (nSPS) is 10.8. The highest BCUT2D eigenvalue weighted by atomic mass is 79.9. The van der Waals surface area contributed by atoms with Crippen molar-refractivity contribution in [3.8, 4) is 5.75 Å². The second kappa shape index (κ2) is 3.27. The average Bonchev–Trinajstić information content (AvgIpc) is 2.52. The van der Waals surface area contributed by atoms with E-state index in [-0.39, 0.29) is 15.8 Å². The number of fused-ring (bicyclic) bond motifs is 1. The van der Waals surface area contributed by atoms with Gasteiger partial charge in [-0.2, -0.15) is 0 Å². The zero-order chi connectivity index (χ0) is 11.2. The molecule has 1 aromatic heterocycles. The number of carbonyl (C=O) groups is 1. The Hall–Kier alpha value is -1.49. The maximum atomic E-state index is 10.8. The maximum Gasteiger partial charge on any atom is 0.339 e. The monoisotopic (exact) mass is 270 g/mol. The van der Waals surface area contributed by atoms with Gasteiger partial charge in [0, 0.05) is 5.39 Å². The van der Waals surface area contributed by atoms with Crippen LogP contribution in [0.2, 0.25) is 0 Å². The van der Waals surface area contributed by atoms with E-state index in [0.717, 1.165) is 0 Å². The zero-order valence-electron chi connectivity index (χ0n) is 7.74. The molecule has 2 rings (SSSR count). The third kappa shape index (κ3) is 1.48. The fraction of sp³-hybridized carbons (Fsp3) is 0.100. The van der Waals surface area contributed by atoms with Crippen LogP contribution >= 0.6 is 15.9 Å². The highest BCUT2D eigenvalue weighted by Gasteiger charge is 2.18. The van der Waals surface area contributed by atoms with Gasteiger partial charge in [-0.25, -0.2) is 4.79 Å². The van der Waals surface area contributed by atoms with Gasteiger partial charge < -0.3 is 14.6 Å². The molecule has 1 aromatic carbocycles. The van der Waals surface area contributed by atoms with Gasteiger partial charge in [-0.15, -0.1) is 0 Å². The van der Waals surface area contributed by atoms with Gasteiger partial charge in [0.25, 0.3) is 0 Å². The molecule has 1 heterocycles. The fourth-order valence-electron chi connectivity index (χ4n) is 1.43. The van der Waals surface area contributed by atoms with Crippen molar-refractivity contribution < 1.29 is 19.4 Å². The van der Waals surface area contributed by atoms with Crippen molar-refractivity contribution in [1.29, 1.82) is 0 Å². The Balaban J connectivity index is 2.87. The highest BCUT2D eigenvalue weighted by molar-refractivity contribution is 9.10. The third-order valence-corrected chi connectivity index (χ3v) is 2.81. The van der Waals surface area contributed by atoms with Crippen LogP contribution < -0.4 is 0 Å². The molecule has 0 aliphatic rings. The van der Waals surface area contributed by atoms with Crippen LogP contribution in [0.25, 0.3) is 11.0 Å². The molecule has 0 saturated carbocycles. The molecule has 0 unspecified atom stereocenters. The van der Waals surface area contributed by atoms with Crippen molar-refractivity contribution in [2.75, 3.05) is 0 Å². The Bertz CT molecular complexity index is 556. The number of hydrogen-bond donors (Lipinski definition) is 2. The highest BCUT2D eigenvalue weighted by Crippen LogP contribution is 2.37. The van der Waals surface area contributed by atoms with E-state index < -0.39 is 5.97 Å². The van der Waals surface area contributed by atoms with Crippen LogP contribution in [0.5, 0.6) is 5.75 Å². The van der Waals surface area contributed by atoms with Gasteiger partial charge in [-0.1, -0.05) is 0 Å². The third-order valence-electron chi connectivity index (χ3n) is 2.08. The van der Waals surface area contributed by atoms with Crippen molar-refractivity contribution in [2.24, 2.45) is 0 Å². The molecule has 4 nitrogen and oxygen atoms in total. The smallest absolute Gasteiger partial charge is 0.339 e. The Kier molecular flexibility index (Phi) is 2.19. The number of benzene rings is 1. The first-order chi connectivity index (χ1) is 7.00. The van der Waals surface area contributed by atoms with Crippen molar-refractivity contribution in [1.82, 2.24) is 0 Å². The van der Waals surface area contributed by atoms with E-state index in [1.165, 1.54) is 6.07 Å². The average molecular weight is 271 g/mol. The molecule has 0 saturated heterocycles. The lowest BCUT2D eigenvalue weighted by molar-refractivity contribution is 0.0694. The number of aromatic hydroxyl groups is 1.